The van der Waals surface area contributed by atoms with E-state index >= 15 is 0 Å². The Balaban J connectivity index is 1.23. The van der Waals surface area contributed by atoms with Gasteiger partial charge in [-0.2, -0.15) is 5.10 Å². The molecule has 2 fully saturated rings. The quantitative estimate of drug-likeness (QED) is 0.195. The molecule has 4 atom stereocenters. The Morgan fingerprint density at radius 1 is 1.10 bits per heavy atom. The molecule has 12 heteroatoms. The lowest BCUT2D eigenvalue weighted by molar-refractivity contribution is -0.144. The number of hydrogen-bond donors (Lipinski definition) is 3. The van der Waals surface area contributed by atoms with Crippen molar-refractivity contribution in [2.24, 2.45) is 10.8 Å². The first-order valence-electron chi connectivity index (χ1n) is 17.4. The number of rotatable bonds is 11. The van der Waals surface area contributed by atoms with Crippen molar-refractivity contribution >= 4 is 51.6 Å². The number of halogens is 1. The van der Waals surface area contributed by atoms with Crippen LogP contribution in [0.25, 0.3) is 10.4 Å². The van der Waals surface area contributed by atoms with Crippen LogP contribution in [0, 0.1) is 28.2 Å². The average molecular weight is 803 g/mol. The molecule has 0 bridgehead atoms. The van der Waals surface area contributed by atoms with E-state index in [1.54, 1.807) is 11.3 Å². The van der Waals surface area contributed by atoms with Gasteiger partial charge < -0.3 is 20.6 Å². The smallest absolute Gasteiger partial charge is 0.246 e. The Kier molecular flexibility index (Phi) is 11.9. The number of carbonyl (C=O) groups is 3. The van der Waals surface area contributed by atoms with Gasteiger partial charge in [-0.05, 0) is 84.6 Å². The number of thiazole rings is 1. The average Bonchev–Trinajstić information content (AvgIpc) is 3.77. The lowest BCUT2D eigenvalue weighted by Gasteiger charge is -2.38. The molecule has 10 nitrogen and oxygen atoms in total. The van der Waals surface area contributed by atoms with Gasteiger partial charge in [0.05, 0.1) is 38.0 Å². The van der Waals surface area contributed by atoms with E-state index in [1.165, 1.54) is 11.3 Å². The molecule has 3 N–H and O–H groups in total. The number of aryl methyl sites for hydroxylation is 1. The summed E-state index contributed by atoms with van der Waals surface area (Å²) in [5.41, 5.74) is 5.34. The monoisotopic (exact) mass is 802 g/mol. The highest BCUT2D eigenvalue weighted by Gasteiger charge is 2.45. The minimum Gasteiger partial charge on any atom is -0.391 e. The molecule has 1 aromatic carbocycles. The SMILES string of the molecule is Cc1ncsc1-c1ccc([C@H](C)NC(=O)[C@@H]2C[C@@H](O)CN2C(=O)[C@@H](NC(=O)CCC2(Cn3ncc(I)c3C)CCCCC2)C(C)(C)C)cc1. The summed E-state index contributed by atoms with van der Waals surface area (Å²) in [6, 6.07) is 6.04. The van der Waals surface area contributed by atoms with Crippen LogP contribution in [0.1, 0.15) is 102 Å². The maximum Gasteiger partial charge on any atom is 0.246 e. The first-order chi connectivity index (χ1) is 23.2. The Morgan fingerprint density at radius 2 is 1.80 bits per heavy atom. The molecule has 0 unspecified atom stereocenters. The zero-order chi connectivity index (χ0) is 35.5. The summed E-state index contributed by atoms with van der Waals surface area (Å²) in [7, 11) is 0. The van der Waals surface area contributed by atoms with Crippen molar-refractivity contribution in [1.82, 2.24) is 30.3 Å². The van der Waals surface area contributed by atoms with Crippen LogP contribution in [0.2, 0.25) is 0 Å². The lowest BCUT2D eigenvalue weighted by Crippen LogP contribution is -2.58. The van der Waals surface area contributed by atoms with E-state index in [1.807, 2.05) is 70.6 Å². The van der Waals surface area contributed by atoms with Gasteiger partial charge in [-0.15, -0.1) is 11.3 Å². The van der Waals surface area contributed by atoms with E-state index in [2.05, 4.69) is 54.9 Å². The maximum atomic E-state index is 14.2. The number of nitrogens with one attached hydrogen (secondary N) is 2. The van der Waals surface area contributed by atoms with Crippen molar-refractivity contribution in [3.63, 3.8) is 0 Å². The summed E-state index contributed by atoms with van der Waals surface area (Å²) >= 11 is 3.90. The number of aliphatic hydroxyl groups is 1. The summed E-state index contributed by atoms with van der Waals surface area (Å²) in [6.07, 6.45) is 7.82. The number of likely N-dealkylation sites (tertiary alicyclic amines) is 1. The molecular formula is C37H51IN6O4S. The van der Waals surface area contributed by atoms with Gasteiger partial charge in [0.15, 0.2) is 0 Å². The minimum absolute atomic E-state index is 0.0178. The third-order valence-corrected chi connectivity index (χ3v) is 12.4. The van der Waals surface area contributed by atoms with Crippen molar-refractivity contribution in [3.05, 3.63) is 56.5 Å². The predicted octanol–water partition coefficient (Wildman–Crippen LogP) is 6.33. The molecule has 3 heterocycles. The van der Waals surface area contributed by atoms with Crippen LogP contribution >= 0.6 is 33.9 Å². The molecule has 1 aliphatic carbocycles. The molecule has 266 valence electrons. The maximum absolute atomic E-state index is 14.2. The number of amides is 3. The van der Waals surface area contributed by atoms with Crippen LogP contribution in [-0.4, -0.2) is 67.2 Å². The molecule has 49 heavy (non-hydrogen) atoms. The van der Waals surface area contributed by atoms with Crippen LogP contribution in [0.3, 0.4) is 0 Å². The van der Waals surface area contributed by atoms with Crippen molar-refractivity contribution in [3.8, 4) is 10.4 Å². The van der Waals surface area contributed by atoms with Gasteiger partial charge in [-0.3, -0.25) is 19.1 Å². The number of benzene rings is 1. The second-order valence-corrected chi connectivity index (χ2v) is 17.2. The predicted molar refractivity (Wildman–Crippen MR) is 201 cm³/mol. The third kappa shape index (κ3) is 8.91. The number of nitrogens with zero attached hydrogens (tertiary/aromatic N) is 4. The van der Waals surface area contributed by atoms with Crippen LogP contribution < -0.4 is 10.6 Å². The molecule has 2 aromatic heterocycles. The zero-order valence-corrected chi connectivity index (χ0v) is 32.6. The fourth-order valence-electron chi connectivity index (χ4n) is 7.32. The van der Waals surface area contributed by atoms with Crippen LogP contribution in [0.15, 0.2) is 36.0 Å². The van der Waals surface area contributed by atoms with E-state index in [0.717, 1.165) is 69.6 Å². The topological polar surface area (TPSA) is 129 Å². The Labute approximate surface area is 308 Å². The van der Waals surface area contributed by atoms with Gasteiger partial charge >= 0.3 is 0 Å². The number of β-amino-alcohol motifs (C(OH)–C–C–N with tert-alkyl or cyclic N) is 1. The number of hydrogen-bond acceptors (Lipinski definition) is 7. The first-order valence-corrected chi connectivity index (χ1v) is 19.4. The molecule has 1 saturated carbocycles. The summed E-state index contributed by atoms with van der Waals surface area (Å²) in [5, 5.41) is 21.4. The molecule has 1 aliphatic heterocycles. The number of aromatic nitrogens is 3. The van der Waals surface area contributed by atoms with E-state index < -0.39 is 23.6 Å². The van der Waals surface area contributed by atoms with Crippen molar-refractivity contribution < 1.29 is 19.5 Å². The standard InChI is InChI=1S/C37H51IN6O4S/c1-23(26-10-12-27(13-11-26)32-24(2)39-22-49-32)41-34(47)30-18-28(45)20-43(30)35(48)33(36(4,5)6)42-31(46)14-17-37(15-8-7-9-16-37)21-44-25(3)29(38)19-40-44/h10-13,19,22-23,28,30,33,45H,7-9,14-18,20-21H2,1-6H3,(H,41,47)(H,42,46)/t23-,28+,30-,33+/m0/s1. The van der Waals surface area contributed by atoms with Crippen LogP contribution in [0.4, 0.5) is 0 Å². The normalized spacial score (nSPS) is 20.5. The molecule has 0 radical (unpaired) electrons. The summed E-state index contributed by atoms with van der Waals surface area (Å²) < 4.78 is 3.22. The lowest BCUT2D eigenvalue weighted by atomic mass is 9.71. The number of aliphatic hydroxyl groups excluding tert-OH is 1. The highest BCUT2D eigenvalue weighted by molar-refractivity contribution is 14.1. The van der Waals surface area contributed by atoms with Crippen LogP contribution in [-0.2, 0) is 20.9 Å². The largest absolute Gasteiger partial charge is 0.391 e. The number of carbonyl (C=O) groups excluding carboxylic acids is 3. The van der Waals surface area contributed by atoms with Gasteiger partial charge in [0.2, 0.25) is 17.7 Å². The van der Waals surface area contributed by atoms with Gasteiger partial charge in [-0.1, -0.05) is 64.3 Å². The molecule has 1 saturated heterocycles. The minimum atomic E-state index is -0.849. The zero-order valence-electron chi connectivity index (χ0n) is 29.6. The molecule has 3 aromatic rings. The second-order valence-electron chi connectivity index (χ2n) is 15.2. The van der Waals surface area contributed by atoms with E-state index in [0.29, 0.717) is 6.42 Å². The fraction of sp³-hybridized carbons (Fsp3) is 0.595. The van der Waals surface area contributed by atoms with Gasteiger partial charge in [-0.25, -0.2) is 4.98 Å². The third-order valence-electron chi connectivity index (χ3n) is 10.4. The fourth-order valence-corrected chi connectivity index (χ4v) is 8.53. The van der Waals surface area contributed by atoms with E-state index in [9.17, 15) is 19.5 Å². The Bertz CT molecular complexity index is 1620. The second kappa shape index (κ2) is 15.6. The highest BCUT2D eigenvalue weighted by atomic mass is 127. The first kappa shape index (κ1) is 37.4. The van der Waals surface area contributed by atoms with Crippen molar-refractivity contribution in [2.75, 3.05) is 6.54 Å². The van der Waals surface area contributed by atoms with Gasteiger partial charge in [0, 0.05) is 31.6 Å². The summed E-state index contributed by atoms with van der Waals surface area (Å²) in [6.45, 7) is 12.6. The molecular weight excluding hydrogens is 751 g/mol. The molecule has 3 amide bonds. The van der Waals surface area contributed by atoms with E-state index in [4.69, 9.17) is 0 Å². The Morgan fingerprint density at radius 3 is 2.39 bits per heavy atom. The summed E-state index contributed by atoms with van der Waals surface area (Å²) in [5.74, 6) is -0.832. The van der Waals surface area contributed by atoms with E-state index in [-0.39, 0.29) is 42.1 Å². The van der Waals surface area contributed by atoms with Crippen molar-refractivity contribution in [2.45, 2.75) is 124 Å². The summed E-state index contributed by atoms with van der Waals surface area (Å²) in [4.78, 5) is 48.3. The molecule has 2 aliphatic rings. The molecule has 0 spiro atoms. The van der Waals surface area contributed by atoms with Gasteiger partial charge in [0.25, 0.3) is 0 Å². The van der Waals surface area contributed by atoms with Gasteiger partial charge in [0.1, 0.15) is 12.1 Å². The van der Waals surface area contributed by atoms with Crippen LogP contribution in [0.5, 0.6) is 0 Å². The highest BCUT2D eigenvalue weighted by Crippen LogP contribution is 2.42. The molecule has 5 rings (SSSR count). The Hall–Kier alpha value is -2.84. The van der Waals surface area contributed by atoms with Crippen molar-refractivity contribution in [1.29, 1.82) is 0 Å².